The minimum absolute atomic E-state index is 0.0181. The molecule has 0 bridgehead atoms. The fourth-order valence-corrected chi connectivity index (χ4v) is 2.45. The van der Waals surface area contributed by atoms with Crippen molar-refractivity contribution in [3.05, 3.63) is 33.8 Å². The molecule has 0 spiro atoms. The van der Waals surface area contributed by atoms with Crippen molar-refractivity contribution in [2.24, 2.45) is 0 Å². The van der Waals surface area contributed by atoms with Gasteiger partial charge in [0.15, 0.2) is 0 Å². The molecular formula is C15H20Cl2F3N. The Morgan fingerprint density at radius 2 is 1.90 bits per heavy atom. The van der Waals surface area contributed by atoms with Gasteiger partial charge in [-0.05, 0) is 49.9 Å². The van der Waals surface area contributed by atoms with E-state index in [9.17, 15) is 13.2 Å². The van der Waals surface area contributed by atoms with Gasteiger partial charge in [0.2, 0.25) is 0 Å². The molecule has 1 atom stereocenters. The highest BCUT2D eigenvalue weighted by molar-refractivity contribution is 6.42. The van der Waals surface area contributed by atoms with Crippen molar-refractivity contribution in [2.75, 3.05) is 6.54 Å². The second-order valence-electron chi connectivity index (χ2n) is 5.11. The lowest BCUT2D eigenvalue weighted by atomic mass is 10.0. The van der Waals surface area contributed by atoms with Gasteiger partial charge in [-0.15, -0.1) is 0 Å². The average molecular weight is 342 g/mol. The van der Waals surface area contributed by atoms with E-state index in [1.54, 1.807) is 12.1 Å². The quantitative estimate of drug-likeness (QED) is 0.645. The van der Waals surface area contributed by atoms with Crippen molar-refractivity contribution in [2.45, 2.75) is 51.2 Å². The van der Waals surface area contributed by atoms with Gasteiger partial charge in [0, 0.05) is 12.5 Å². The second-order valence-corrected chi connectivity index (χ2v) is 5.93. The Kier molecular flexibility index (Phi) is 7.85. The maximum Gasteiger partial charge on any atom is 0.389 e. The summed E-state index contributed by atoms with van der Waals surface area (Å²) in [5, 5.41) is 4.25. The normalized spacial score (nSPS) is 13.4. The van der Waals surface area contributed by atoms with Gasteiger partial charge in [-0.25, -0.2) is 0 Å². The van der Waals surface area contributed by atoms with Gasteiger partial charge in [0.05, 0.1) is 10.0 Å². The van der Waals surface area contributed by atoms with Crippen molar-refractivity contribution >= 4 is 23.2 Å². The first-order chi connectivity index (χ1) is 9.81. The molecule has 0 saturated heterocycles. The van der Waals surface area contributed by atoms with Gasteiger partial charge in [-0.2, -0.15) is 13.2 Å². The largest absolute Gasteiger partial charge is 0.389 e. The van der Waals surface area contributed by atoms with Crippen LogP contribution in [0, 0.1) is 0 Å². The molecule has 120 valence electrons. The number of nitrogens with one attached hydrogen (secondary N) is 1. The van der Waals surface area contributed by atoms with Gasteiger partial charge in [0.1, 0.15) is 0 Å². The first-order valence-electron chi connectivity index (χ1n) is 7.06. The number of rotatable bonds is 8. The van der Waals surface area contributed by atoms with Crippen LogP contribution in [0.2, 0.25) is 10.0 Å². The summed E-state index contributed by atoms with van der Waals surface area (Å²) < 4.78 is 36.7. The van der Waals surface area contributed by atoms with Crippen LogP contribution in [0.4, 0.5) is 13.2 Å². The van der Waals surface area contributed by atoms with Crippen LogP contribution < -0.4 is 5.32 Å². The molecule has 0 aliphatic heterocycles. The Hall–Kier alpha value is -0.450. The van der Waals surface area contributed by atoms with E-state index in [2.05, 4.69) is 5.32 Å². The maximum absolute atomic E-state index is 12.2. The molecule has 1 aromatic rings. The topological polar surface area (TPSA) is 12.0 Å². The Balaban J connectivity index is 2.57. The summed E-state index contributed by atoms with van der Waals surface area (Å²) >= 11 is 11.8. The fraction of sp³-hybridized carbons (Fsp3) is 0.600. The van der Waals surface area contributed by atoms with E-state index in [1.165, 1.54) is 0 Å². The summed E-state index contributed by atoms with van der Waals surface area (Å²) in [4.78, 5) is 0. The summed E-state index contributed by atoms with van der Waals surface area (Å²) in [5.41, 5.74) is 0.977. The van der Waals surface area contributed by atoms with Gasteiger partial charge >= 0.3 is 6.18 Å². The molecule has 6 heteroatoms. The van der Waals surface area contributed by atoms with Crippen LogP contribution >= 0.6 is 23.2 Å². The summed E-state index contributed by atoms with van der Waals surface area (Å²) in [6.07, 6.45) is -2.62. The molecule has 0 heterocycles. The van der Waals surface area contributed by atoms with Crippen LogP contribution in [-0.4, -0.2) is 18.8 Å². The molecule has 21 heavy (non-hydrogen) atoms. The number of halogens is 5. The maximum atomic E-state index is 12.2. The Morgan fingerprint density at radius 3 is 2.48 bits per heavy atom. The molecule has 0 fully saturated rings. The van der Waals surface area contributed by atoms with E-state index < -0.39 is 12.6 Å². The fourth-order valence-electron chi connectivity index (χ4n) is 2.12. The first-order valence-corrected chi connectivity index (χ1v) is 7.81. The van der Waals surface area contributed by atoms with Crippen molar-refractivity contribution in [3.8, 4) is 0 Å². The highest BCUT2D eigenvalue weighted by Gasteiger charge is 2.26. The standard InChI is InChI=1S/C15H20Cl2F3N/c1-2-8-21-12(4-3-7-15(18,19)20)9-11-5-6-13(16)14(17)10-11/h5-6,10,12,21H,2-4,7-9H2,1H3. The third-order valence-electron chi connectivity index (χ3n) is 3.16. The van der Waals surface area contributed by atoms with E-state index in [-0.39, 0.29) is 12.5 Å². The Morgan fingerprint density at radius 1 is 1.19 bits per heavy atom. The summed E-state index contributed by atoms with van der Waals surface area (Å²) in [6.45, 7) is 2.82. The van der Waals surface area contributed by atoms with Crippen molar-refractivity contribution in [1.29, 1.82) is 0 Å². The van der Waals surface area contributed by atoms with Crippen molar-refractivity contribution in [3.63, 3.8) is 0 Å². The summed E-state index contributed by atoms with van der Waals surface area (Å²) in [5.74, 6) is 0. The highest BCUT2D eigenvalue weighted by Crippen LogP contribution is 2.25. The van der Waals surface area contributed by atoms with Crippen molar-refractivity contribution in [1.82, 2.24) is 5.32 Å². The molecule has 0 saturated carbocycles. The van der Waals surface area contributed by atoms with Gasteiger partial charge < -0.3 is 5.32 Å². The molecule has 1 rings (SSSR count). The molecule has 1 unspecified atom stereocenters. The molecule has 1 aromatic carbocycles. The van der Waals surface area contributed by atoms with E-state index in [1.807, 2.05) is 13.0 Å². The predicted octanol–water partition coefficient (Wildman–Crippen LogP) is 5.64. The molecule has 0 radical (unpaired) electrons. The number of benzene rings is 1. The summed E-state index contributed by atoms with van der Waals surface area (Å²) in [6, 6.07) is 5.36. The number of hydrogen-bond donors (Lipinski definition) is 1. The second kappa shape index (κ2) is 8.86. The van der Waals surface area contributed by atoms with Crippen LogP contribution in [0.3, 0.4) is 0 Å². The van der Waals surface area contributed by atoms with E-state index in [0.29, 0.717) is 22.9 Å². The zero-order chi connectivity index (χ0) is 15.9. The van der Waals surface area contributed by atoms with Crippen LogP contribution in [0.25, 0.3) is 0 Å². The smallest absolute Gasteiger partial charge is 0.314 e. The molecule has 0 aliphatic carbocycles. The first kappa shape index (κ1) is 18.6. The summed E-state index contributed by atoms with van der Waals surface area (Å²) in [7, 11) is 0. The SMILES string of the molecule is CCCNC(CCCC(F)(F)F)Cc1ccc(Cl)c(Cl)c1. The molecule has 0 aromatic heterocycles. The Bertz CT molecular complexity index is 435. The zero-order valence-electron chi connectivity index (χ0n) is 11.9. The Labute approximate surface area is 133 Å². The monoisotopic (exact) mass is 341 g/mol. The third-order valence-corrected chi connectivity index (χ3v) is 3.90. The highest BCUT2D eigenvalue weighted by atomic mass is 35.5. The van der Waals surface area contributed by atoms with Crippen molar-refractivity contribution < 1.29 is 13.2 Å². The molecular weight excluding hydrogens is 322 g/mol. The third kappa shape index (κ3) is 7.93. The van der Waals surface area contributed by atoms with Gasteiger partial charge in [-0.3, -0.25) is 0 Å². The van der Waals surface area contributed by atoms with E-state index in [0.717, 1.165) is 18.5 Å². The molecule has 1 N–H and O–H groups in total. The number of alkyl halides is 3. The van der Waals surface area contributed by atoms with Gasteiger partial charge in [-0.1, -0.05) is 36.2 Å². The minimum atomic E-state index is -4.08. The predicted molar refractivity (Wildman–Crippen MR) is 82.2 cm³/mol. The molecule has 0 amide bonds. The average Bonchev–Trinajstić information content (AvgIpc) is 2.38. The lowest BCUT2D eigenvalue weighted by molar-refractivity contribution is -0.135. The van der Waals surface area contributed by atoms with E-state index >= 15 is 0 Å². The van der Waals surface area contributed by atoms with Crippen LogP contribution in [0.1, 0.15) is 38.2 Å². The van der Waals surface area contributed by atoms with Crippen LogP contribution in [0.15, 0.2) is 18.2 Å². The lowest BCUT2D eigenvalue weighted by Gasteiger charge is -2.19. The van der Waals surface area contributed by atoms with Crippen LogP contribution in [-0.2, 0) is 6.42 Å². The van der Waals surface area contributed by atoms with Crippen LogP contribution in [0.5, 0.6) is 0 Å². The number of hydrogen-bond acceptors (Lipinski definition) is 1. The minimum Gasteiger partial charge on any atom is -0.314 e. The zero-order valence-corrected chi connectivity index (χ0v) is 13.5. The van der Waals surface area contributed by atoms with E-state index in [4.69, 9.17) is 23.2 Å². The molecule has 1 nitrogen and oxygen atoms in total. The van der Waals surface area contributed by atoms with Gasteiger partial charge in [0.25, 0.3) is 0 Å². The molecule has 0 aliphatic rings. The lowest BCUT2D eigenvalue weighted by Crippen LogP contribution is -2.32.